The lowest BCUT2D eigenvalue weighted by Crippen LogP contribution is -2.22. The second-order valence-corrected chi connectivity index (χ2v) is 5.28. The summed E-state index contributed by atoms with van der Waals surface area (Å²) in [5.74, 6) is 0. The maximum Gasteiger partial charge on any atom is 0.0853 e. The van der Waals surface area contributed by atoms with Gasteiger partial charge in [0.1, 0.15) is 0 Å². The summed E-state index contributed by atoms with van der Waals surface area (Å²) in [7, 11) is 3.65. The van der Waals surface area contributed by atoms with Gasteiger partial charge in [-0.2, -0.15) is 10.2 Å². The van der Waals surface area contributed by atoms with E-state index in [1.165, 1.54) is 11.3 Å². The lowest BCUT2D eigenvalue weighted by Gasteiger charge is -2.05. The van der Waals surface area contributed by atoms with Gasteiger partial charge in [-0.05, 0) is 38.4 Å². The molecule has 0 saturated carbocycles. The standard InChI is InChI=1S/C15H25N5O/c1-12-15(5-7-16-8-10-21-4)13(2)20(17-12)11-14-6-9-19(3)18-14/h6,9,16H,5,7-8,10-11H2,1-4H3. The minimum absolute atomic E-state index is 0.727. The third-order valence-electron chi connectivity index (χ3n) is 3.65. The lowest BCUT2D eigenvalue weighted by molar-refractivity contribution is 0.199. The Bertz CT molecular complexity index is 573. The summed E-state index contributed by atoms with van der Waals surface area (Å²) >= 11 is 0. The molecule has 2 aromatic heterocycles. The van der Waals surface area contributed by atoms with Crippen LogP contribution < -0.4 is 5.32 Å². The molecule has 0 aromatic carbocycles. The third-order valence-corrected chi connectivity index (χ3v) is 3.65. The van der Waals surface area contributed by atoms with Crippen molar-refractivity contribution >= 4 is 0 Å². The predicted octanol–water partition coefficient (Wildman–Crippen LogP) is 1.06. The summed E-state index contributed by atoms with van der Waals surface area (Å²) < 4.78 is 8.89. The first kappa shape index (κ1) is 15.7. The third kappa shape index (κ3) is 4.15. The molecule has 21 heavy (non-hydrogen) atoms. The van der Waals surface area contributed by atoms with Crippen molar-refractivity contribution in [2.75, 3.05) is 26.8 Å². The second kappa shape index (κ2) is 7.38. The Kier molecular flexibility index (Phi) is 5.52. The van der Waals surface area contributed by atoms with E-state index in [4.69, 9.17) is 4.74 Å². The van der Waals surface area contributed by atoms with E-state index in [-0.39, 0.29) is 0 Å². The van der Waals surface area contributed by atoms with Crippen LogP contribution in [0.15, 0.2) is 12.3 Å². The van der Waals surface area contributed by atoms with Crippen LogP contribution >= 0.6 is 0 Å². The van der Waals surface area contributed by atoms with Crippen LogP contribution in [-0.4, -0.2) is 46.4 Å². The SMILES string of the molecule is COCCNCCc1c(C)nn(Cc2ccn(C)n2)c1C. The molecule has 2 rings (SSSR count). The van der Waals surface area contributed by atoms with Gasteiger partial charge in [-0.15, -0.1) is 0 Å². The normalized spacial score (nSPS) is 11.2. The van der Waals surface area contributed by atoms with Crippen LogP contribution in [0.25, 0.3) is 0 Å². The Hall–Kier alpha value is -1.66. The first-order valence-corrected chi connectivity index (χ1v) is 7.33. The summed E-state index contributed by atoms with van der Waals surface area (Å²) in [5.41, 5.74) is 4.70. The number of nitrogens with zero attached hydrogens (tertiary/aromatic N) is 4. The van der Waals surface area contributed by atoms with Gasteiger partial charge < -0.3 is 10.1 Å². The number of rotatable bonds is 8. The van der Waals surface area contributed by atoms with Crippen molar-refractivity contribution < 1.29 is 4.74 Å². The molecule has 0 aliphatic heterocycles. The van der Waals surface area contributed by atoms with Crippen LogP contribution in [0, 0.1) is 13.8 Å². The van der Waals surface area contributed by atoms with Gasteiger partial charge in [0.2, 0.25) is 0 Å². The monoisotopic (exact) mass is 291 g/mol. The quantitative estimate of drug-likeness (QED) is 0.739. The van der Waals surface area contributed by atoms with Crippen LogP contribution in [0.3, 0.4) is 0 Å². The molecule has 0 atom stereocenters. The van der Waals surface area contributed by atoms with Gasteiger partial charge in [-0.3, -0.25) is 9.36 Å². The predicted molar refractivity (Wildman–Crippen MR) is 82.5 cm³/mol. The number of aryl methyl sites for hydroxylation is 2. The van der Waals surface area contributed by atoms with Gasteiger partial charge in [-0.1, -0.05) is 0 Å². The van der Waals surface area contributed by atoms with Gasteiger partial charge in [0.25, 0.3) is 0 Å². The minimum atomic E-state index is 0.727. The Morgan fingerprint density at radius 3 is 2.71 bits per heavy atom. The second-order valence-electron chi connectivity index (χ2n) is 5.28. The number of ether oxygens (including phenoxy) is 1. The van der Waals surface area contributed by atoms with Crippen molar-refractivity contribution in [3.05, 3.63) is 34.9 Å². The fourth-order valence-electron chi connectivity index (χ4n) is 2.46. The molecule has 1 N–H and O–H groups in total. The topological polar surface area (TPSA) is 56.9 Å². The van der Waals surface area contributed by atoms with E-state index >= 15 is 0 Å². The van der Waals surface area contributed by atoms with Crippen molar-refractivity contribution in [3.63, 3.8) is 0 Å². The highest BCUT2D eigenvalue weighted by molar-refractivity contribution is 5.25. The molecular weight excluding hydrogens is 266 g/mol. The fourth-order valence-corrected chi connectivity index (χ4v) is 2.46. The number of nitrogens with one attached hydrogen (secondary N) is 1. The molecule has 0 fully saturated rings. The molecular formula is C15H25N5O. The van der Waals surface area contributed by atoms with Crippen LogP contribution in [0.4, 0.5) is 0 Å². The van der Waals surface area contributed by atoms with E-state index in [9.17, 15) is 0 Å². The summed E-state index contributed by atoms with van der Waals surface area (Å²) in [6.07, 6.45) is 2.95. The number of hydrogen-bond donors (Lipinski definition) is 1. The lowest BCUT2D eigenvalue weighted by atomic mass is 10.1. The van der Waals surface area contributed by atoms with E-state index in [2.05, 4.69) is 29.4 Å². The van der Waals surface area contributed by atoms with Crippen LogP contribution in [0.5, 0.6) is 0 Å². The molecule has 0 spiro atoms. The molecule has 6 nitrogen and oxygen atoms in total. The maximum atomic E-state index is 5.03. The van der Waals surface area contributed by atoms with Crippen molar-refractivity contribution in [1.29, 1.82) is 0 Å². The van der Waals surface area contributed by atoms with Crippen molar-refractivity contribution in [3.8, 4) is 0 Å². The summed E-state index contributed by atoms with van der Waals surface area (Å²) in [6.45, 7) is 7.51. The molecule has 0 aliphatic carbocycles. The summed E-state index contributed by atoms with van der Waals surface area (Å²) in [5, 5.41) is 12.4. The molecule has 116 valence electrons. The number of methoxy groups -OCH3 is 1. The van der Waals surface area contributed by atoms with Crippen molar-refractivity contribution in [2.24, 2.45) is 7.05 Å². The average molecular weight is 291 g/mol. The summed E-state index contributed by atoms with van der Waals surface area (Å²) in [6, 6.07) is 2.03. The zero-order valence-corrected chi connectivity index (χ0v) is 13.4. The number of hydrogen-bond acceptors (Lipinski definition) is 4. The molecule has 2 aromatic rings. The highest BCUT2D eigenvalue weighted by Crippen LogP contribution is 2.14. The largest absolute Gasteiger partial charge is 0.383 e. The molecule has 0 amide bonds. The maximum absolute atomic E-state index is 5.03. The van der Waals surface area contributed by atoms with Crippen LogP contribution in [0.1, 0.15) is 22.6 Å². The van der Waals surface area contributed by atoms with Gasteiger partial charge in [0, 0.05) is 32.6 Å². The van der Waals surface area contributed by atoms with E-state index in [0.29, 0.717) is 0 Å². The first-order chi connectivity index (χ1) is 10.1. The van der Waals surface area contributed by atoms with Gasteiger partial charge in [0.15, 0.2) is 0 Å². The van der Waals surface area contributed by atoms with Gasteiger partial charge >= 0.3 is 0 Å². The average Bonchev–Trinajstić information content (AvgIpc) is 2.96. The van der Waals surface area contributed by atoms with Crippen LogP contribution in [-0.2, 0) is 24.8 Å². The highest BCUT2D eigenvalue weighted by atomic mass is 16.5. The van der Waals surface area contributed by atoms with Gasteiger partial charge in [-0.25, -0.2) is 0 Å². The Balaban J connectivity index is 1.96. The van der Waals surface area contributed by atoms with Crippen molar-refractivity contribution in [1.82, 2.24) is 24.9 Å². The minimum Gasteiger partial charge on any atom is -0.383 e. The Labute approximate surface area is 126 Å². The molecule has 0 radical (unpaired) electrons. The molecule has 0 saturated heterocycles. The highest BCUT2D eigenvalue weighted by Gasteiger charge is 2.12. The molecule has 0 bridgehead atoms. The van der Waals surface area contributed by atoms with Gasteiger partial charge in [0.05, 0.1) is 24.5 Å². The Morgan fingerprint density at radius 2 is 2.05 bits per heavy atom. The van der Waals surface area contributed by atoms with E-state index in [1.807, 2.05) is 28.7 Å². The molecule has 0 aliphatic rings. The number of aromatic nitrogens is 4. The zero-order valence-electron chi connectivity index (χ0n) is 13.4. The fraction of sp³-hybridized carbons (Fsp3) is 0.600. The smallest absolute Gasteiger partial charge is 0.0853 e. The van der Waals surface area contributed by atoms with Crippen LogP contribution in [0.2, 0.25) is 0 Å². The molecule has 2 heterocycles. The summed E-state index contributed by atoms with van der Waals surface area (Å²) in [4.78, 5) is 0. The Morgan fingerprint density at radius 1 is 1.24 bits per heavy atom. The molecule has 0 unspecified atom stereocenters. The van der Waals surface area contributed by atoms with E-state index < -0.39 is 0 Å². The molecule has 6 heteroatoms. The van der Waals surface area contributed by atoms with Crippen molar-refractivity contribution in [2.45, 2.75) is 26.8 Å². The van der Waals surface area contributed by atoms with E-state index in [1.54, 1.807) is 7.11 Å². The zero-order chi connectivity index (χ0) is 15.2. The first-order valence-electron chi connectivity index (χ1n) is 7.33. The van der Waals surface area contributed by atoms with E-state index in [0.717, 1.165) is 44.0 Å².